The summed E-state index contributed by atoms with van der Waals surface area (Å²) >= 11 is 0. The van der Waals surface area contributed by atoms with Crippen molar-refractivity contribution in [3.8, 4) is 5.69 Å². The van der Waals surface area contributed by atoms with Crippen LogP contribution in [0.5, 0.6) is 0 Å². The molecule has 0 radical (unpaired) electrons. The summed E-state index contributed by atoms with van der Waals surface area (Å²) in [4.78, 5) is 40.7. The van der Waals surface area contributed by atoms with Crippen LogP contribution in [0.25, 0.3) is 38.9 Å². The van der Waals surface area contributed by atoms with Crippen LogP contribution >= 0.6 is 0 Å². The lowest BCUT2D eigenvalue weighted by molar-refractivity contribution is 0.0526. The first kappa shape index (κ1) is 24.6. The first-order valence-electron chi connectivity index (χ1n) is 13.0. The van der Waals surface area contributed by atoms with Crippen LogP contribution in [0.3, 0.4) is 0 Å². The normalized spacial score (nSPS) is 11.5. The lowest BCUT2D eigenvalue weighted by Crippen LogP contribution is -2.24. The molecule has 0 saturated carbocycles. The third-order valence-electron chi connectivity index (χ3n) is 6.68. The van der Waals surface area contributed by atoms with Gasteiger partial charge >= 0.3 is 5.97 Å². The number of aryl methyl sites for hydroxylation is 1. The van der Waals surface area contributed by atoms with E-state index in [0.29, 0.717) is 46.7 Å². The molecule has 3 heterocycles. The van der Waals surface area contributed by atoms with Gasteiger partial charge in [0.1, 0.15) is 16.7 Å². The number of benzene rings is 2. The van der Waals surface area contributed by atoms with Crippen molar-refractivity contribution >= 4 is 39.2 Å². The van der Waals surface area contributed by atoms with Crippen LogP contribution in [-0.2, 0) is 11.3 Å². The van der Waals surface area contributed by atoms with Gasteiger partial charge in [0.15, 0.2) is 11.3 Å². The quantitative estimate of drug-likeness (QED) is 0.190. The number of hydrogen-bond acceptors (Lipinski definition) is 6. The number of nitrogens with zero attached hydrogens (tertiary/aromatic N) is 5. The van der Waals surface area contributed by atoms with Crippen LogP contribution in [0.1, 0.15) is 62.1 Å². The van der Waals surface area contributed by atoms with Crippen molar-refractivity contribution < 1.29 is 9.53 Å². The number of unbranched alkanes of at least 4 members (excludes halogenated alkanes) is 4. The van der Waals surface area contributed by atoms with Crippen molar-refractivity contribution in [2.24, 2.45) is 0 Å². The number of carbonyl (C=O) groups is 1. The lowest BCUT2D eigenvalue weighted by Gasteiger charge is -2.11. The maximum Gasteiger partial charge on any atom is 0.338 e. The van der Waals surface area contributed by atoms with Crippen molar-refractivity contribution in [2.45, 2.75) is 59.4 Å². The fourth-order valence-corrected chi connectivity index (χ4v) is 4.77. The van der Waals surface area contributed by atoms with Gasteiger partial charge in [-0.15, -0.1) is 0 Å². The third kappa shape index (κ3) is 4.59. The molecule has 0 spiro atoms. The summed E-state index contributed by atoms with van der Waals surface area (Å²) in [6.45, 7) is 6.77. The van der Waals surface area contributed by atoms with Crippen LogP contribution in [0.2, 0.25) is 0 Å². The topological polar surface area (TPSA) is 91.9 Å². The van der Waals surface area contributed by atoms with E-state index in [9.17, 15) is 9.59 Å². The maximum atomic E-state index is 13.9. The predicted molar refractivity (Wildman–Crippen MR) is 145 cm³/mol. The molecule has 5 rings (SSSR count). The zero-order valence-corrected chi connectivity index (χ0v) is 21.5. The SMILES string of the molecule is CCCCCCCn1c(C)nc2c(c1=O)c1nc3ccccc3nc1n2-c1ccc(C(=O)OCC)cc1. The number of esters is 1. The van der Waals surface area contributed by atoms with Gasteiger partial charge in [0.05, 0.1) is 23.2 Å². The van der Waals surface area contributed by atoms with E-state index in [-0.39, 0.29) is 11.5 Å². The number of para-hydroxylation sites is 2. The van der Waals surface area contributed by atoms with Crippen LogP contribution in [0.4, 0.5) is 0 Å². The van der Waals surface area contributed by atoms with E-state index >= 15 is 0 Å². The number of hydrogen-bond donors (Lipinski definition) is 0. The summed E-state index contributed by atoms with van der Waals surface area (Å²) in [5.74, 6) is 0.280. The van der Waals surface area contributed by atoms with E-state index in [1.807, 2.05) is 47.9 Å². The third-order valence-corrected chi connectivity index (χ3v) is 6.68. The summed E-state index contributed by atoms with van der Waals surface area (Å²) in [6, 6.07) is 14.7. The van der Waals surface area contributed by atoms with E-state index in [2.05, 4.69) is 6.92 Å². The molecule has 3 aromatic heterocycles. The molecule has 8 heteroatoms. The Bertz CT molecular complexity index is 1650. The molecule has 2 aromatic carbocycles. The largest absolute Gasteiger partial charge is 0.462 e. The second-order valence-electron chi connectivity index (χ2n) is 9.22. The van der Waals surface area contributed by atoms with Crippen molar-refractivity contribution in [2.75, 3.05) is 6.61 Å². The smallest absolute Gasteiger partial charge is 0.338 e. The number of ether oxygens (including phenoxy) is 1. The van der Waals surface area contributed by atoms with Gasteiger partial charge in [-0.3, -0.25) is 13.9 Å². The highest BCUT2D eigenvalue weighted by Gasteiger charge is 2.22. The number of fused-ring (bicyclic) bond motifs is 4. The first-order valence-corrected chi connectivity index (χ1v) is 13.0. The molecule has 190 valence electrons. The van der Waals surface area contributed by atoms with E-state index in [0.717, 1.165) is 29.6 Å². The highest BCUT2D eigenvalue weighted by Crippen LogP contribution is 2.29. The van der Waals surface area contributed by atoms with Gasteiger partial charge in [0, 0.05) is 12.2 Å². The molecule has 37 heavy (non-hydrogen) atoms. The standard InChI is InChI=1S/C29H31N5O3/c1-4-6-7-8-11-18-33-19(3)30-26-24(28(33)35)25-27(32-23-13-10-9-12-22(23)31-25)34(26)21-16-14-20(15-17-21)29(36)37-5-2/h9-10,12-17H,4-8,11,18H2,1-3H3. The summed E-state index contributed by atoms with van der Waals surface area (Å²) in [5.41, 5.74) is 4.14. The molecule has 8 nitrogen and oxygen atoms in total. The zero-order chi connectivity index (χ0) is 25.9. The number of aromatic nitrogens is 5. The molecule has 0 unspecified atom stereocenters. The Balaban J connectivity index is 1.71. The number of carbonyl (C=O) groups excluding carboxylic acids is 1. The molecule has 0 atom stereocenters. The fraction of sp³-hybridized carbons (Fsp3) is 0.345. The van der Waals surface area contributed by atoms with Gasteiger partial charge in [0.2, 0.25) is 0 Å². The Morgan fingerprint density at radius 1 is 0.865 bits per heavy atom. The summed E-state index contributed by atoms with van der Waals surface area (Å²) < 4.78 is 8.74. The van der Waals surface area contributed by atoms with Crippen molar-refractivity contribution in [3.63, 3.8) is 0 Å². The molecule has 0 amide bonds. The summed E-state index contributed by atoms with van der Waals surface area (Å²) in [7, 11) is 0. The molecule has 0 saturated heterocycles. The second kappa shape index (κ2) is 10.5. The van der Waals surface area contributed by atoms with Crippen LogP contribution in [-0.4, -0.2) is 36.7 Å². The Labute approximate surface area is 214 Å². The minimum Gasteiger partial charge on any atom is -0.462 e. The second-order valence-corrected chi connectivity index (χ2v) is 9.22. The monoisotopic (exact) mass is 497 g/mol. The van der Waals surface area contributed by atoms with Gasteiger partial charge in [-0.25, -0.2) is 19.7 Å². The molecular weight excluding hydrogens is 466 g/mol. The van der Waals surface area contributed by atoms with Gasteiger partial charge in [-0.1, -0.05) is 44.7 Å². The lowest BCUT2D eigenvalue weighted by atomic mass is 10.1. The van der Waals surface area contributed by atoms with Gasteiger partial charge in [-0.2, -0.15) is 0 Å². The maximum absolute atomic E-state index is 13.9. The average molecular weight is 498 g/mol. The minimum absolute atomic E-state index is 0.102. The van der Waals surface area contributed by atoms with Crippen molar-refractivity contribution in [3.05, 3.63) is 70.3 Å². The Morgan fingerprint density at radius 2 is 1.57 bits per heavy atom. The van der Waals surface area contributed by atoms with E-state index < -0.39 is 0 Å². The molecule has 5 aromatic rings. The summed E-state index contributed by atoms with van der Waals surface area (Å²) in [5, 5.41) is 0.460. The van der Waals surface area contributed by atoms with Crippen LogP contribution in [0, 0.1) is 6.92 Å². The molecule has 0 bridgehead atoms. The first-order chi connectivity index (χ1) is 18.0. The Kier molecular flexibility index (Phi) is 6.99. The van der Waals surface area contributed by atoms with E-state index in [4.69, 9.17) is 19.7 Å². The zero-order valence-electron chi connectivity index (χ0n) is 21.5. The van der Waals surface area contributed by atoms with E-state index in [1.54, 1.807) is 23.6 Å². The van der Waals surface area contributed by atoms with Gasteiger partial charge in [-0.05, 0) is 56.7 Å². The highest BCUT2D eigenvalue weighted by atomic mass is 16.5. The molecule has 0 aliphatic carbocycles. The Morgan fingerprint density at radius 3 is 2.27 bits per heavy atom. The Hall–Kier alpha value is -4.07. The molecule has 0 N–H and O–H groups in total. The minimum atomic E-state index is -0.377. The number of rotatable bonds is 9. The predicted octanol–water partition coefficient (Wildman–Crippen LogP) is 5.74. The molecule has 0 fully saturated rings. The molecule has 0 aliphatic rings. The average Bonchev–Trinajstić information content (AvgIpc) is 3.21. The molecular formula is C29H31N5O3. The van der Waals surface area contributed by atoms with Crippen LogP contribution < -0.4 is 5.56 Å². The van der Waals surface area contributed by atoms with Crippen molar-refractivity contribution in [1.29, 1.82) is 0 Å². The van der Waals surface area contributed by atoms with Gasteiger partial charge < -0.3 is 4.74 Å². The van der Waals surface area contributed by atoms with E-state index in [1.165, 1.54) is 19.3 Å². The van der Waals surface area contributed by atoms with Gasteiger partial charge in [0.25, 0.3) is 5.56 Å². The fourth-order valence-electron chi connectivity index (χ4n) is 4.77. The molecule has 0 aliphatic heterocycles. The van der Waals surface area contributed by atoms with Crippen molar-refractivity contribution in [1.82, 2.24) is 24.1 Å². The summed E-state index contributed by atoms with van der Waals surface area (Å²) in [6.07, 6.45) is 5.56. The highest BCUT2D eigenvalue weighted by molar-refractivity contribution is 6.06. The van der Waals surface area contributed by atoms with Crippen LogP contribution in [0.15, 0.2) is 53.3 Å².